The van der Waals surface area contributed by atoms with Crippen LogP contribution in [0.1, 0.15) is 16.9 Å². The molecule has 1 aliphatic heterocycles. The summed E-state index contributed by atoms with van der Waals surface area (Å²) in [7, 11) is 0. The lowest BCUT2D eigenvalue weighted by Crippen LogP contribution is -2.34. The van der Waals surface area contributed by atoms with Crippen LogP contribution in [0.4, 0.5) is 9.18 Å². The highest BCUT2D eigenvalue weighted by Gasteiger charge is 2.27. The SMILES string of the molecule is O=C(NCCCN1C(=O)CNC1=O)c1cc2c(F)cccc2[nH]1. The number of benzene rings is 1. The number of imide groups is 1. The topological polar surface area (TPSA) is 94.3 Å². The van der Waals surface area contributed by atoms with E-state index in [-0.39, 0.29) is 30.6 Å². The fourth-order valence-corrected chi connectivity index (χ4v) is 2.46. The lowest BCUT2D eigenvalue weighted by molar-refractivity contribution is -0.125. The first-order valence-electron chi connectivity index (χ1n) is 7.20. The monoisotopic (exact) mass is 318 g/mol. The molecule has 2 aromatic rings. The third-order valence-corrected chi connectivity index (χ3v) is 3.64. The van der Waals surface area contributed by atoms with Gasteiger partial charge in [0.05, 0.1) is 6.54 Å². The van der Waals surface area contributed by atoms with Gasteiger partial charge in [0.2, 0.25) is 5.91 Å². The Balaban J connectivity index is 1.53. The molecule has 23 heavy (non-hydrogen) atoms. The Morgan fingerprint density at radius 2 is 2.17 bits per heavy atom. The summed E-state index contributed by atoms with van der Waals surface area (Å²) in [5.74, 6) is -1.03. The van der Waals surface area contributed by atoms with Crippen molar-refractivity contribution in [3.63, 3.8) is 0 Å². The van der Waals surface area contributed by atoms with Gasteiger partial charge in [0.1, 0.15) is 11.5 Å². The molecule has 1 aromatic heterocycles. The highest BCUT2D eigenvalue weighted by atomic mass is 19.1. The van der Waals surface area contributed by atoms with E-state index in [1.807, 2.05) is 0 Å². The molecule has 1 fully saturated rings. The van der Waals surface area contributed by atoms with Crippen molar-refractivity contribution in [3.8, 4) is 0 Å². The number of fused-ring (bicyclic) bond motifs is 1. The summed E-state index contributed by atoms with van der Waals surface area (Å²) < 4.78 is 13.6. The average Bonchev–Trinajstić information content (AvgIpc) is 3.10. The first-order chi connectivity index (χ1) is 11.1. The Kier molecular flexibility index (Phi) is 3.96. The third kappa shape index (κ3) is 3.01. The Bertz CT molecular complexity index is 770. The van der Waals surface area contributed by atoms with E-state index in [9.17, 15) is 18.8 Å². The maximum absolute atomic E-state index is 13.6. The minimum Gasteiger partial charge on any atom is -0.351 e. The molecule has 1 aliphatic rings. The zero-order valence-electron chi connectivity index (χ0n) is 12.2. The maximum Gasteiger partial charge on any atom is 0.324 e. The van der Waals surface area contributed by atoms with Crippen LogP contribution >= 0.6 is 0 Å². The van der Waals surface area contributed by atoms with Gasteiger partial charge in [0, 0.05) is 24.0 Å². The van der Waals surface area contributed by atoms with E-state index >= 15 is 0 Å². The number of carbonyl (C=O) groups excluding carboxylic acids is 3. The van der Waals surface area contributed by atoms with Crippen LogP contribution in [-0.2, 0) is 4.79 Å². The van der Waals surface area contributed by atoms with Crippen LogP contribution in [0, 0.1) is 5.82 Å². The molecule has 0 spiro atoms. The van der Waals surface area contributed by atoms with Crippen molar-refractivity contribution in [3.05, 3.63) is 35.8 Å². The van der Waals surface area contributed by atoms with Gasteiger partial charge in [-0.3, -0.25) is 14.5 Å². The number of amides is 4. The van der Waals surface area contributed by atoms with E-state index in [1.54, 1.807) is 12.1 Å². The second-order valence-corrected chi connectivity index (χ2v) is 5.20. The smallest absolute Gasteiger partial charge is 0.324 e. The molecule has 0 bridgehead atoms. The first-order valence-corrected chi connectivity index (χ1v) is 7.20. The fourth-order valence-electron chi connectivity index (χ4n) is 2.46. The number of hydrogen-bond acceptors (Lipinski definition) is 3. The van der Waals surface area contributed by atoms with Crippen LogP contribution < -0.4 is 10.6 Å². The van der Waals surface area contributed by atoms with Gasteiger partial charge in [-0.25, -0.2) is 9.18 Å². The van der Waals surface area contributed by atoms with E-state index in [4.69, 9.17) is 0 Å². The molecular weight excluding hydrogens is 303 g/mol. The molecule has 1 aromatic carbocycles. The minimum absolute atomic E-state index is 0.0197. The van der Waals surface area contributed by atoms with E-state index in [2.05, 4.69) is 15.6 Å². The lowest BCUT2D eigenvalue weighted by atomic mass is 10.2. The van der Waals surface area contributed by atoms with Crippen molar-refractivity contribution in [2.75, 3.05) is 19.6 Å². The van der Waals surface area contributed by atoms with Crippen LogP contribution in [0.2, 0.25) is 0 Å². The summed E-state index contributed by atoms with van der Waals surface area (Å²) in [6, 6.07) is 5.63. The summed E-state index contributed by atoms with van der Waals surface area (Å²) in [4.78, 5) is 38.7. The van der Waals surface area contributed by atoms with Crippen molar-refractivity contribution < 1.29 is 18.8 Å². The molecule has 0 radical (unpaired) electrons. The van der Waals surface area contributed by atoms with E-state index < -0.39 is 11.8 Å². The minimum atomic E-state index is -0.410. The molecule has 2 heterocycles. The van der Waals surface area contributed by atoms with Gasteiger partial charge in [-0.15, -0.1) is 0 Å². The largest absolute Gasteiger partial charge is 0.351 e. The number of nitrogens with zero attached hydrogens (tertiary/aromatic N) is 1. The third-order valence-electron chi connectivity index (χ3n) is 3.64. The predicted molar refractivity (Wildman–Crippen MR) is 80.3 cm³/mol. The lowest BCUT2D eigenvalue weighted by Gasteiger charge is -2.12. The number of nitrogens with one attached hydrogen (secondary N) is 3. The summed E-state index contributed by atoms with van der Waals surface area (Å²) in [6.45, 7) is 0.561. The summed E-state index contributed by atoms with van der Waals surface area (Å²) in [6.07, 6.45) is 0.444. The van der Waals surface area contributed by atoms with Gasteiger partial charge in [0.25, 0.3) is 5.91 Å². The van der Waals surface area contributed by atoms with Crippen LogP contribution in [0.5, 0.6) is 0 Å². The summed E-state index contributed by atoms with van der Waals surface area (Å²) in [5.41, 5.74) is 0.814. The molecule has 120 valence electrons. The van der Waals surface area contributed by atoms with Crippen molar-refractivity contribution in [1.82, 2.24) is 20.5 Å². The Labute approximate surface area is 130 Å². The number of hydrogen-bond donors (Lipinski definition) is 3. The molecule has 3 rings (SSSR count). The van der Waals surface area contributed by atoms with Crippen LogP contribution in [0.25, 0.3) is 10.9 Å². The molecular formula is C15H15FN4O3. The Morgan fingerprint density at radius 1 is 1.35 bits per heavy atom. The first kappa shape index (κ1) is 15.0. The molecule has 3 N–H and O–H groups in total. The second kappa shape index (κ2) is 6.07. The van der Waals surface area contributed by atoms with Gasteiger partial charge in [-0.05, 0) is 24.6 Å². The number of H-pyrrole nitrogens is 1. The zero-order valence-corrected chi connectivity index (χ0v) is 12.2. The van der Waals surface area contributed by atoms with Gasteiger partial charge >= 0.3 is 6.03 Å². The van der Waals surface area contributed by atoms with Gasteiger partial charge in [-0.2, -0.15) is 0 Å². The fraction of sp³-hybridized carbons (Fsp3) is 0.267. The van der Waals surface area contributed by atoms with E-state index in [0.717, 1.165) is 4.90 Å². The molecule has 4 amide bonds. The van der Waals surface area contributed by atoms with Gasteiger partial charge in [0.15, 0.2) is 0 Å². The molecule has 0 aliphatic carbocycles. The molecule has 8 heteroatoms. The summed E-state index contributed by atoms with van der Waals surface area (Å²) >= 11 is 0. The Morgan fingerprint density at radius 3 is 2.87 bits per heavy atom. The van der Waals surface area contributed by atoms with Crippen molar-refractivity contribution >= 4 is 28.7 Å². The van der Waals surface area contributed by atoms with Crippen LogP contribution in [0.3, 0.4) is 0 Å². The van der Waals surface area contributed by atoms with Crippen LogP contribution in [-0.4, -0.2) is 47.4 Å². The zero-order chi connectivity index (χ0) is 16.4. The van der Waals surface area contributed by atoms with E-state index in [1.165, 1.54) is 12.1 Å². The Hall–Kier alpha value is -2.90. The predicted octanol–water partition coefficient (Wildman–Crippen LogP) is 0.979. The highest BCUT2D eigenvalue weighted by molar-refractivity contribution is 6.02. The number of rotatable bonds is 5. The quantitative estimate of drug-likeness (QED) is 0.566. The second-order valence-electron chi connectivity index (χ2n) is 5.20. The molecule has 0 atom stereocenters. The number of aromatic amines is 1. The molecule has 1 saturated heterocycles. The molecule has 0 saturated carbocycles. The average molecular weight is 318 g/mol. The van der Waals surface area contributed by atoms with Crippen molar-refractivity contribution in [1.29, 1.82) is 0 Å². The summed E-state index contributed by atoms with van der Waals surface area (Å²) in [5, 5.41) is 5.45. The molecule has 7 nitrogen and oxygen atoms in total. The van der Waals surface area contributed by atoms with E-state index in [0.29, 0.717) is 23.9 Å². The van der Waals surface area contributed by atoms with Gasteiger partial charge in [-0.1, -0.05) is 6.07 Å². The van der Waals surface area contributed by atoms with Crippen LogP contribution in [0.15, 0.2) is 24.3 Å². The van der Waals surface area contributed by atoms with Crippen molar-refractivity contribution in [2.24, 2.45) is 0 Å². The maximum atomic E-state index is 13.6. The number of urea groups is 1. The van der Waals surface area contributed by atoms with Crippen molar-refractivity contribution in [2.45, 2.75) is 6.42 Å². The van der Waals surface area contributed by atoms with Gasteiger partial charge < -0.3 is 15.6 Å². The standard InChI is InChI=1S/C15H15FN4O3/c16-10-3-1-4-11-9(10)7-12(19-11)14(22)17-5-2-6-20-13(21)8-18-15(20)23/h1,3-4,7,19H,2,5-6,8H2,(H,17,22)(H,18,23). The number of aromatic nitrogens is 1. The highest BCUT2D eigenvalue weighted by Crippen LogP contribution is 2.18. The normalized spacial score (nSPS) is 14.4. The number of halogens is 1. The number of carbonyl (C=O) groups is 3. The molecule has 0 unspecified atom stereocenters.